The molecule has 2 aromatic carbocycles. The summed E-state index contributed by atoms with van der Waals surface area (Å²) in [5.74, 6) is -0.756. The van der Waals surface area contributed by atoms with E-state index < -0.39 is 12.1 Å². The number of aromatic nitrogens is 1. The number of para-hydroxylation sites is 2. The first-order chi connectivity index (χ1) is 17.2. The van der Waals surface area contributed by atoms with Crippen molar-refractivity contribution >= 4 is 28.1 Å². The number of anilines is 1. The van der Waals surface area contributed by atoms with Crippen LogP contribution in [-0.2, 0) is 0 Å². The molecule has 5 nitrogen and oxygen atoms in total. The van der Waals surface area contributed by atoms with E-state index in [9.17, 15) is 18.0 Å². The lowest BCUT2D eigenvalue weighted by atomic mass is 9.85. The highest BCUT2D eigenvalue weighted by Gasteiger charge is 2.40. The summed E-state index contributed by atoms with van der Waals surface area (Å²) >= 11 is 0. The summed E-state index contributed by atoms with van der Waals surface area (Å²) in [5, 5.41) is 3.93. The zero-order chi connectivity index (χ0) is 25.4. The van der Waals surface area contributed by atoms with Crippen LogP contribution in [0.1, 0.15) is 53.2 Å². The number of amides is 1. The number of carbonyl (C=O) groups excluding carboxylic acids is 1. The number of alkyl halides is 3. The highest BCUT2D eigenvalue weighted by molar-refractivity contribution is 6.09. The van der Waals surface area contributed by atoms with Crippen molar-refractivity contribution in [2.75, 3.05) is 25.6 Å². The van der Waals surface area contributed by atoms with Crippen molar-refractivity contribution in [3.8, 4) is 5.75 Å². The fraction of sp³-hybridized carbons (Fsp3) is 0.357. The number of rotatable bonds is 4. The third-order valence-electron chi connectivity index (χ3n) is 7.04. The molecule has 0 fully saturated rings. The molecule has 1 aliphatic carbocycles. The van der Waals surface area contributed by atoms with Crippen LogP contribution >= 0.6 is 0 Å². The minimum atomic E-state index is -4.18. The molecule has 8 heteroatoms. The first-order valence-electron chi connectivity index (χ1n) is 12.1. The van der Waals surface area contributed by atoms with Gasteiger partial charge in [-0.05, 0) is 30.9 Å². The topological polar surface area (TPSA) is 54.5 Å². The third-order valence-corrected chi connectivity index (χ3v) is 7.04. The molecular weight excluding hydrogens is 467 g/mol. The maximum absolute atomic E-state index is 13.5. The SMILES string of the molecule is CN(C)c1c(C(=O)N[C@H]2CCOc3ccccc32)cnc2c(C3=CC[C@@H](C(F)(F)F)CC3)cccc12. The maximum Gasteiger partial charge on any atom is 0.392 e. The average Bonchev–Trinajstić information content (AvgIpc) is 2.87. The van der Waals surface area contributed by atoms with Crippen molar-refractivity contribution in [1.82, 2.24) is 10.3 Å². The van der Waals surface area contributed by atoms with Gasteiger partial charge in [-0.25, -0.2) is 0 Å². The van der Waals surface area contributed by atoms with Crippen molar-refractivity contribution in [2.45, 2.75) is 37.9 Å². The van der Waals surface area contributed by atoms with Crippen molar-refractivity contribution in [3.63, 3.8) is 0 Å². The second-order valence-electron chi connectivity index (χ2n) is 9.56. The van der Waals surface area contributed by atoms with Gasteiger partial charge >= 0.3 is 6.18 Å². The van der Waals surface area contributed by atoms with Crippen molar-refractivity contribution in [2.24, 2.45) is 5.92 Å². The molecule has 0 saturated heterocycles. The lowest BCUT2D eigenvalue weighted by Crippen LogP contribution is -2.33. The molecule has 0 spiro atoms. The Bertz CT molecular complexity index is 1330. The smallest absolute Gasteiger partial charge is 0.392 e. The molecule has 2 atom stereocenters. The van der Waals surface area contributed by atoms with Gasteiger partial charge in [-0.1, -0.05) is 42.5 Å². The number of carbonyl (C=O) groups is 1. The van der Waals surface area contributed by atoms with Crippen molar-refractivity contribution in [3.05, 3.63) is 71.4 Å². The summed E-state index contributed by atoms with van der Waals surface area (Å²) in [6.07, 6.45) is 0.138. The molecule has 188 valence electrons. The Balaban J connectivity index is 1.49. The summed E-state index contributed by atoms with van der Waals surface area (Å²) < 4.78 is 45.1. The van der Waals surface area contributed by atoms with Crippen molar-refractivity contribution in [1.29, 1.82) is 0 Å². The standard InChI is InChI=1S/C28H28F3N3O2/c1-34(2)26-21-8-5-7-19(17-10-12-18(13-11-17)28(29,30)31)25(21)32-16-22(26)27(35)33-23-14-15-36-24-9-4-3-6-20(23)24/h3-10,16,18,23H,11-15H2,1-2H3,(H,33,35)/t18-,23+/m1/s1. The van der Waals surface area contributed by atoms with E-state index in [2.05, 4.69) is 10.3 Å². The van der Waals surface area contributed by atoms with E-state index in [0.29, 0.717) is 30.5 Å². The molecule has 0 radical (unpaired) electrons. The van der Waals surface area contributed by atoms with Gasteiger partial charge in [-0.2, -0.15) is 13.2 Å². The summed E-state index contributed by atoms with van der Waals surface area (Å²) in [6.45, 7) is 0.520. The molecule has 5 rings (SSSR count). The minimum Gasteiger partial charge on any atom is -0.493 e. The maximum atomic E-state index is 13.5. The van der Waals surface area contributed by atoms with E-state index >= 15 is 0 Å². The van der Waals surface area contributed by atoms with Crippen LogP contribution in [0.15, 0.2) is 54.7 Å². The van der Waals surface area contributed by atoms with Crippen LogP contribution in [0.25, 0.3) is 16.5 Å². The quantitative estimate of drug-likeness (QED) is 0.462. The summed E-state index contributed by atoms with van der Waals surface area (Å²) in [5.41, 5.74) is 4.50. The molecule has 1 amide bonds. The molecule has 1 aromatic heterocycles. The lowest BCUT2D eigenvalue weighted by Gasteiger charge is -2.28. The fourth-order valence-corrected chi connectivity index (χ4v) is 5.22. The Morgan fingerprint density at radius 1 is 1.11 bits per heavy atom. The van der Waals surface area contributed by atoms with Gasteiger partial charge < -0.3 is 15.0 Å². The van der Waals surface area contributed by atoms with Crippen LogP contribution in [0.3, 0.4) is 0 Å². The number of pyridine rings is 1. The third kappa shape index (κ3) is 4.52. The first-order valence-corrected chi connectivity index (χ1v) is 12.1. The van der Waals surface area contributed by atoms with Crippen LogP contribution in [0.4, 0.5) is 18.9 Å². The molecular formula is C28H28F3N3O2. The van der Waals surface area contributed by atoms with E-state index in [-0.39, 0.29) is 24.8 Å². The van der Waals surface area contributed by atoms with Crippen LogP contribution in [0.2, 0.25) is 0 Å². The molecule has 0 bridgehead atoms. The van der Waals surface area contributed by atoms with E-state index in [0.717, 1.165) is 33.5 Å². The van der Waals surface area contributed by atoms with Gasteiger partial charge in [0.2, 0.25) is 0 Å². The first kappa shape index (κ1) is 24.2. The van der Waals surface area contributed by atoms with E-state index in [4.69, 9.17) is 4.74 Å². The number of hydrogen-bond donors (Lipinski definition) is 1. The number of nitrogens with one attached hydrogen (secondary N) is 1. The molecule has 1 aliphatic heterocycles. The van der Waals surface area contributed by atoms with Gasteiger partial charge in [0.15, 0.2) is 0 Å². The predicted molar refractivity (Wildman–Crippen MR) is 134 cm³/mol. The van der Waals surface area contributed by atoms with Crippen LogP contribution in [0.5, 0.6) is 5.75 Å². The predicted octanol–water partition coefficient (Wildman–Crippen LogP) is 6.30. The highest BCUT2D eigenvalue weighted by atomic mass is 19.4. The Hall–Kier alpha value is -3.55. The number of benzene rings is 2. The molecule has 0 unspecified atom stereocenters. The Labute approximate surface area is 208 Å². The van der Waals surface area contributed by atoms with Crippen LogP contribution in [0, 0.1) is 5.92 Å². The molecule has 3 aromatic rings. The average molecular weight is 496 g/mol. The minimum absolute atomic E-state index is 0.0250. The molecule has 2 aliphatic rings. The van der Waals surface area contributed by atoms with E-state index in [1.165, 1.54) is 0 Å². The largest absolute Gasteiger partial charge is 0.493 e. The van der Waals surface area contributed by atoms with Gasteiger partial charge in [-0.15, -0.1) is 0 Å². The second kappa shape index (κ2) is 9.48. The zero-order valence-electron chi connectivity index (χ0n) is 20.2. The van der Waals surface area contributed by atoms with E-state index in [1.54, 1.807) is 12.3 Å². The summed E-state index contributed by atoms with van der Waals surface area (Å²) in [7, 11) is 3.74. The number of ether oxygens (including phenoxy) is 1. The monoisotopic (exact) mass is 495 g/mol. The normalized spacial score (nSPS) is 19.8. The van der Waals surface area contributed by atoms with Crippen molar-refractivity contribution < 1.29 is 22.7 Å². The van der Waals surface area contributed by atoms with Gasteiger partial charge in [0.05, 0.1) is 35.3 Å². The molecule has 36 heavy (non-hydrogen) atoms. The van der Waals surface area contributed by atoms with Gasteiger partial charge in [0.25, 0.3) is 5.91 Å². The second-order valence-corrected chi connectivity index (χ2v) is 9.56. The van der Waals surface area contributed by atoms with Gasteiger partial charge in [0.1, 0.15) is 5.75 Å². The Morgan fingerprint density at radius 3 is 2.64 bits per heavy atom. The molecule has 1 N–H and O–H groups in total. The van der Waals surface area contributed by atoms with E-state index in [1.807, 2.05) is 61.5 Å². The zero-order valence-corrected chi connectivity index (χ0v) is 20.2. The van der Waals surface area contributed by atoms with Crippen LogP contribution in [-0.4, -0.2) is 37.8 Å². The lowest BCUT2D eigenvalue weighted by molar-refractivity contribution is -0.175. The van der Waals surface area contributed by atoms with Gasteiger partial charge in [0, 0.05) is 43.2 Å². The summed E-state index contributed by atoms with van der Waals surface area (Å²) in [4.78, 5) is 20.0. The molecule has 0 saturated carbocycles. The molecule has 2 heterocycles. The number of fused-ring (bicyclic) bond motifs is 2. The Morgan fingerprint density at radius 2 is 1.92 bits per heavy atom. The fourth-order valence-electron chi connectivity index (χ4n) is 5.22. The number of allylic oxidation sites excluding steroid dienone is 2. The summed E-state index contributed by atoms with van der Waals surface area (Å²) in [6, 6.07) is 13.2. The highest BCUT2D eigenvalue weighted by Crippen LogP contribution is 2.41. The number of nitrogens with zero attached hydrogens (tertiary/aromatic N) is 2. The number of hydrogen-bond acceptors (Lipinski definition) is 4. The number of halogens is 3. The Kier molecular flexibility index (Phi) is 6.36. The van der Waals surface area contributed by atoms with Crippen LogP contribution < -0.4 is 15.0 Å². The van der Waals surface area contributed by atoms with Gasteiger partial charge in [-0.3, -0.25) is 9.78 Å².